The Morgan fingerprint density at radius 1 is 1.00 bits per heavy atom. The lowest BCUT2D eigenvalue weighted by Gasteiger charge is -2.06. The predicted molar refractivity (Wildman–Crippen MR) is 68.1 cm³/mol. The largest absolute Gasteiger partial charge is 0.396 e. The van der Waals surface area contributed by atoms with E-state index < -0.39 is 27.2 Å². The minimum Gasteiger partial charge on any atom is -0.396 e. The molecule has 0 saturated heterocycles. The maximum Gasteiger partial charge on any atom is 0.182 e. The summed E-state index contributed by atoms with van der Waals surface area (Å²) in [4.78, 5) is -0.220. The molecule has 0 aromatic heterocycles. The Morgan fingerprint density at radius 3 is 2.32 bits per heavy atom. The Bertz CT molecular complexity index is 714. The van der Waals surface area contributed by atoms with E-state index in [2.05, 4.69) is 0 Å². The zero-order chi connectivity index (χ0) is 14.0. The highest BCUT2D eigenvalue weighted by Gasteiger charge is 2.18. The third-order valence-corrected chi connectivity index (χ3v) is 4.30. The van der Waals surface area contributed by atoms with Crippen molar-refractivity contribution in [2.45, 2.75) is 10.6 Å². The van der Waals surface area contributed by atoms with Crippen molar-refractivity contribution < 1.29 is 17.2 Å². The number of hydrogen-bond acceptors (Lipinski definition) is 3. The van der Waals surface area contributed by atoms with Crippen molar-refractivity contribution in [1.82, 2.24) is 0 Å². The molecule has 0 atom stereocenters. The highest BCUT2D eigenvalue weighted by Crippen LogP contribution is 2.21. The van der Waals surface area contributed by atoms with Crippen molar-refractivity contribution in [3.05, 3.63) is 59.7 Å². The smallest absolute Gasteiger partial charge is 0.182 e. The molecule has 0 unspecified atom stereocenters. The van der Waals surface area contributed by atoms with Gasteiger partial charge in [0.2, 0.25) is 0 Å². The van der Waals surface area contributed by atoms with Gasteiger partial charge in [-0.15, -0.1) is 0 Å². The number of hydrogen-bond donors (Lipinski definition) is 1. The second kappa shape index (κ2) is 4.97. The van der Waals surface area contributed by atoms with Crippen LogP contribution in [-0.4, -0.2) is 8.42 Å². The molecule has 100 valence electrons. The van der Waals surface area contributed by atoms with Crippen molar-refractivity contribution in [1.29, 1.82) is 0 Å². The van der Waals surface area contributed by atoms with E-state index in [1.165, 1.54) is 36.4 Å². The fourth-order valence-corrected chi connectivity index (χ4v) is 2.97. The summed E-state index contributed by atoms with van der Waals surface area (Å²) in [5.74, 6) is -1.94. The molecule has 2 aromatic carbocycles. The summed E-state index contributed by atoms with van der Waals surface area (Å²) in [5, 5.41) is 0. The number of anilines is 1. The Hall–Kier alpha value is -1.95. The van der Waals surface area contributed by atoms with Gasteiger partial charge in [-0.3, -0.25) is 0 Å². The minimum atomic E-state index is -3.81. The van der Waals surface area contributed by atoms with Gasteiger partial charge < -0.3 is 5.73 Å². The molecule has 2 N–H and O–H groups in total. The Balaban J connectivity index is 2.38. The van der Waals surface area contributed by atoms with Crippen LogP contribution in [0.4, 0.5) is 14.5 Å². The maximum atomic E-state index is 13.4. The minimum absolute atomic E-state index is 0.0414. The predicted octanol–water partition coefficient (Wildman–Crippen LogP) is 2.52. The molecule has 6 heteroatoms. The summed E-state index contributed by atoms with van der Waals surface area (Å²) >= 11 is 0. The molecule has 2 aromatic rings. The molecule has 0 bridgehead atoms. The molecule has 0 heterocycles. The maximum absolute atomic E-state index is 13.4. The highest BCUT2D eigenvalue weighted by atomic mass is 32.2. The standard InChI is InChI=1S/C13H11F2NO2S/c14-11-4-2-1-3-9(11)8-19(17,18)10-5-6-13(16)12(15)7-10/h1-7H,8,16H2. The van der Waals surface area contributed by atoms with E-state index in [1.807, 2.05) is 0 Å². The van der Waals surface area contributed by atoms with Crippen molar-refractivity contribution >= 4 is 15.5 Å². The highest BCUT2D eigenvalue weighted by molar-refractivity contribution is 7.90. The number of rotatable bonds is 3. The molecule has 0 fully saturated rings. The lowest BCUT2D eigenvalue weighted by Crippen LogP contribution is -2.07. The number of sulfone groups is 1. The first-order chi connectivity index (χ1) is 8.90. The normalized spacial score (nSPS) is 11.5. The molecule has 0 aliphatic heterocycles. The van der Waals surface area contributed by atoms with E-state index in [0.717, 1.165) is 6.07 Å². The van der Waals surface area contributed by atoms with Gasteiger partial charge in [0, 0.05) is 5.56 Å². The Labute approximate surface area is 109 Å². The van der Waals surface area contributed by atoms with E-state index >= 15 is 0 Å². The molecule has 2 rings (SSSR count). The van der Waals surface area contributed by atoms with Crippen molar-refractivity contribution in [3.63, 3.8) is 0 Å². The molecule has 19 heavy (non-hydrogen) atoms. The van der Waals surface area contributed by atoms with Crippen LogP contribution < -0.4 is 5.73 Å². The van der Waals surface area contributed by atoms with Crippen LogP contribution in [0.3, 0.4) is 0 Å². The number of nitrogens with two attached hydrogens (primary N) is 1. The number of halogens is 2. The van der Waals surface area contributed by atoms with Gasteiger partial charge in [-0.25, -0.2) is 17.2 Å². The van der Waals surface area contributed by atoms with Crippen molar-refractivity contribution in [2.24, 2.45) is 0 Å². The van der Waals surface area contributed by atoms with Crippen molar-refractivity contribution in [3.8, 4) is 0 Å². The van der Waals surface area contributed by atoms with Crippen LogP contribution in [0.1, 0.15) is 5.56 Å². The van der Waals surface area contributed by atoms with Crippen LogP contribution in [0.2, 0.25) is 0 Å². The van der Waals surface area contributed by atoms with Gasteiger partial charge in [0.25, 0.3) is 0 Å². The summed E-state index contributed by atoms with van der Waals surface area (Å²) in [7, 11) is -3.81. The van der Waals surface area contributed by atoms with Crippen LogP contribution in [0.25, 0.3) is 0 Å². The first-order valence-electron chi connectivity index (χ1n) is 5.41. The van der Waals surface area contributed by atoms with Crippen molar-refractivity contribution in [2.75, 3.05) is 5.73 Å². The second-order valence-corrected chi connectivity index (χ2v) is 6.02. The summed E-state index contributed by atoms with van der Waals surface area (Å²) in [6.07, 6.45) is 0. The topological polar surface area (TPSA) is 60.2 Å². The molecular formula is C13H11F2NO2S. The van der Waals surface area contributed by atoms with Gasteiger partial charge in [-0.1, -0.05) is 18.2 Å². The van der Waals surface area contributed by atoms with Crippen LogP contribution in [0.15, 0.2) is 47.4 Å². The quantitative estimate of drug-likeness (QED) is 0.880. The summed E-state index contributed by atoms with van der Waals surface area (Å²) in [5.41, 5.74) is 5.19. The zero-order valence-electron chi connectivity index (χ0n) is 9.81. The molecular weight excluding hydrogens is 272 g/mol. The van der Waals surface area contributed by atoms with E-state index in [4.69, 9.17) is 5.73 Å². The second-order valence-electron chi connectivity index (χ2n) is 4.03. The van der Waals surface area contributed by atoms with Crippen LogP contribution in [-0.2, 0) is 15.6 Å². The first kappa shape index (κ1) is 13.5. The Kier molecular flexibility index (Phi) is 3.53. The first-order valence-corrected chi connectivity index (χ1v) is 7.06. The summed E-state index contributed by atoms with van der Waals surface area (Å²) in [6.45, 7) is 0. The average Bonchev–Trinajstić information content (AvgIpc) is 2.35. The summed E-state index contributed by atoms with van der Waals surface area (Å²) < 4.78 is 50.8. The SMILES string of the molecule is Nc1ccc(S(=O)(=O)Cc2ccccc2F)cc1F. The van der Waals surface area contributed by atoms with Gasteiger partial charge in [-0.2, -0.15) is 0 Å². The summed E-state index contributed by atoms with van der Waals surface area (Å²) in [6, 6.07) is 8.77. The van der Waals surface area contributed by atoms with Crippen LogP contribution >= 0.6 is 0 Å². The van der Waals surface area contributed by atoms with E-state index in [0.29, 0.717) is 0 Å². The van der Waals surface area contributed by atoms with Gasteiger partial charge >= 0.3 is 0 Å². The molecule has 0 radical (unpaired) electrons. The molecule has 0 saturated carbocycles. The fraction of sp³-hybridized carbons (Fsp3) is 0.0769. The number of nitrogen functional groups attached to an aromatic ring is 1. The van der Waals surface area contributed by atoms with Gasteiger partial charge in [-0.05, 0) is 24.3 Å². The molecule has 0 aliphatic rings. The Morgan fingerprint density at radius 2 is 1.68 bits per heavy atom. The molecule has 0 spiro atoms. The van der Waals surface area contributed by atoms with Gasteiger partial charge in [0.15, 0.2) is 9.84 Å². The van der Waals surface area contributed by atoms with E-state index in [1.54, 1.807) is 0 Å². The third-order valence-electron chi connectivity index (χ3n) is 2.63. The number of benzene rings is 2. The zero-order valence-corrected chi connectivity index (χ0v) is 10.6. The molecule has 0 aliphatic carbocycles. The lowest BCUT2D eigenvalue weighted by atomic mass is 10.2. The van der Waals surface area contributed by atoms with Gasteiger partial charge in [0.05, 0.1) is 16.3 Å². The van der Waals surface area contributed by atoms with Crippen LogP contribution in [0.5, 0.6) is 0 Å². The molecule has 3 nitrogen and oxygen atoms in total. The van der Waals surface area contributed by atoms with E-state index in [9.17, 15) is 17.2 Å². The van der Waals surface area contributed by atoms with Crippen LogP contribution in [0, 0.1) is 11.6 Å². The van der Waals surface area contributed by atoms with Gasteiger partial charge in [0.1, 0.15) is 11.6 Å². The monoisotopic (exact) mass is 283 g/mol. The molecule has 0 amide bonds. The fourth-order valence-electron chi connectivity index (χ4n) is 1.60. The third kappa shape index (κ3) is 2.90. The average molecular weight is 283 g/mol. The lowest BCUT2D eigenvalue weighted by molar-refractivity contribution is 0.584. The van der Waals surface area contributed by atoms with E-state index in [-0.39, 0.29) is 16.1 Å².